The summed E-state index contributed by atoms with van der Waals surface area (Å²) in [7, 11) is 2.19. The van der Waals surface area contributed by atoms with E-state index in [0.717, 1.165) is 23.0 Å². The van der Waals surface area contributed by atoms with E-state index in [1.165, 1.54) is 38.5 Å². The molecule has 1 saturated heterocycles. The normalized spacial score (nSPS) is 15.1. The van der Waals surface area contributed by atoms with Gasteiger partial charge in [0.25, 0.3) is 0 Å². The van der Waals surface area contributed by atoms with Crippen LogP contribution in [0, 0.1) is 0 Å². The molecule has 2 aromatic heterocycles. The molecule has 146 valence electrons. The Morgan fingerprint density at radius 3 is 2.46 bits per heavy atom. The van der Waals surface area contributed by atoms with Crippen LogP contribution in [-0.2, 0) is 0 Å². The zero-order valence-corrected chi connectivity index (χ0v) is 16.0. The molecule has 28 heavy (non-hydrogen) atoms. The molecule has 0 amide bonds. The van der Waals surface area contributed by atoms with Gasteiger partial charge in [-0.25, -0.2) is 4.98 Å². The minimum Gasteiger partial charge on any atom is -0.409 e. The Kier molecular flexibility index (Phi) is 6.39. The quantitative estimate of drug-likeness (QED) is 0.240. The Hall–Kier alpha value is -3.19. The number of rotatable bonds is 3. The van der Waals surface area contributed by atoms with E-state index in [9.17, 15) is 4.79 Å². The van der Waals surface area contributed by atoms with Crippen LogP contribution in [0.5, 0.6) is 0 Å². The minimum absolute atomic E-state index is 0.0627. The van der Waals surface area contributed by atoms with Crippen LogP contribution in [0.3, 0.4) is 0 Å². The number of carbonyl (C=O) groups excluding carboxylic acids is 1. The highest BCUT2D eigenvalue weighted by atomic mass is 16.4. The van der Waals surface area contributed by atoms with E-state index in [1.807, 2.05) is 29.0 Å². The van der Waals surface area contributed by atoms with E-state index in [2.05, 4.69) is 22.1 Å². The number of benzene rings is 1. The number of nitrogens with zero attached hydrogens (tertiary/aromatic N) is 4. The van der Waals surface area contributed by atoms with Gasteiger partial charge < -0.3 is 20.4 Å². The first kappa shape index (κ1) is 19.6. The van der Waals surface area contributed by atoms with Crippen LogP contribution in [0.1, 0.15) is 35.2 Å². The second-order valence-corrected chi connectivity index (χ2v) is 6.88. The third-order valence-corrected chi connectivity index (χ3v) is 4.81. The van der Waals surface area contributed by atoms with Gasteiger partial charge in [0.05, 0.1) is 0 Å². The predicted octanol–water partition coefficient (Wildman–Crippen LogP) is 3.03. The van der Waals surface area contributed by atoms with Gasteiger partial charge in [0.2, 0.25) is 0 Å². The number of hydrogen-bond acceptors (Lipinski definition) is 5. The number of pyridine rings is 1. The van der Waals surface area contributed by atoms with Crippen molar-refractivity contribution >= 4 is 23.2 Å². The maximum atomic E-state index is 10.8. The molecule has 0 saturated carbocycles. The number of aldehydes is 1. The Bertz CT molecular complexity index is 957. The molecule has 0 bridgehead atoms. The first-order valence-corrected chi connectivity index (χ1v) is 9.31. The molecular formula is C21H25N5O2. The first-order valence-electron chi connectivity index (χ1n) is 9.31. The average molecular weight is 379 g/mol. The monoisotopic (exact) mass is 379 g/mol. The van der Waals surface area contributed by atoms with E-state index in [4.69, 9.17) is 10.9 Å². The topological polar surface area (TPSA) is 96.7 Å². The number of amidine groups is 1. The number of nitrogens with two attached hydrogens (primary N) is 1. The van der Waals surface area contributed by atoms with Crippen LogP contribution in [0.2, 0.25) is 0 Å². The number of piperidine rings is 1. The highest BCUT2D eigenvalue weighted by Crippen LogP contribution is 2.19. The number of carbonyl (C=O) groups is 1. The second kappa shape index (κ2) is 9.14. The summed E-state index contributed by atoms with van der Waals surface area (Å²) >= 11 is 0. The van der Waals surface area contributed by atoms with Gasteiger partial charge in [-0.05, 0) is 69.4 Å². The third-order valence-electron chi connectivity index (χ3n) is 4.81. The van der Waals surface area contributed by atoms with Gasteiger partial charge in [0.15, 0.2) is 12.1 Å². The van der Waals surface area contributed by atoms with Crippen molar-refractivity contribution in [2.45, 2.75) is 19.3 Å². The van der Waals surface area contributed by atoms with Crippen LogP contribution in [-0.4, -0.2) is 51.9 Å². The molecule has 0 atom stereocenters. The summed E-state index contributed by atoms with van der Waals surface area (Å²) in [6.45, 7) is 2.64. The lowest BCUT2D eigenvalue weighted by Gasteiger charge is -2.20. The van der Waals surface area contributed by atoms with Gasteiger partial charge in [0, 0.05) is 34.6 Å². The van der Waals surface area contributed by atoms with Crippen LogP contribution in [0.15, 0.2) is 53.9 Å². The van der Waals surface area contributed by atoms with Crippen molar-refractivity contribution in [1.82, 2.24) is 14.5 Å². The molecule has 7 heteroatoms. The zero-order chi connectivity index (χ0) is 19.9. The molecule has 4 rings (SSSR count). The third kappa shape index (κ3) is 4.55. The lowest BCUT2D eigenvalue weighted by atomic mass is 10.1. The Labute approximate surface area is 164 Å². The number of aromatic nitrogens is 2. The van der Waals surface area contributed by atoms with Crippen molar-refractivity contribution < 1.29 is 10.0 Å². The maximum Gasteiger partial charge on any atom is 0.170 e. The Morgan fingerprint density at radius 1 is 1.18 bits per heavy atom. The highest BCUT2D eigenvalue weighted by Gasteiger charge is 2.06. The molecule has 7 nitrogen and oxygen atoms in total. The standard InChI is InChI=1S/C15H12N4O2.C6H13N/c16-14(18-21)11-1-3-13(4-2-11)19-6-5-12-7-10(9-20)8-17-15(12)19;1-7-5-3-2-4-6-7/h1-9,21H,(H2,16,18);2-6H2,1H3. The zero-order valence-electron chi connectivity index (χ0n) is 16.0. The Morgan fingerprint density at radius 2 is 1.89 bits per heavy atom. The van der Waals surface area contributed by atoms with Gasteiger partial charge in [-0.2, -0.15) is 0 Å². The van der Waals surface area contributed by atoms with Crippen LogP contribution in [0.4, 0.5) is 0 Å². The lowest BCUT2D eigenvalue weighted by Crippen LogP contribution is -2.24. The highest BCUT2D eigenvalue weighted by molar-refractivity contribution is 5.97. The molecule has 3 heterocycles. The smallest absolute Gasteiger partial charge is 0.170 e. The molecule has 0 spiro atoms. The SMILES string of the molecule is CN1CCCCC1.N/C(=N\O)c1ccc(-n2ccc3cc(C=O)cnc32)cc1. The van der Waals surface area contributed by atoms with Crippen molar-refractivity contribution in [3.8, 4) is 5.69 Å². The van der Waals surface area contributed by atoms with Crippen LogP contribution < -0.4 is 5.73 Å². The fourth-order valence-corrected chi connectivity index (χ4v) is 3.22. The van der Waals surface area contributed by atoms with Crippen molar-refractivity contribution in [2.75, 3.05) is 20.1 Å². The van der Waals surface area contributed by atoms with E-state index in [1.54, 1.807) is 18.2 Å². The van der Waals surface area contributed by atoms with Gasteiger partial charge in [0.1, 0.15) is 5.65 Å². The largest absolute Gasteiger partial charge is 0.409 e. The van der Waals surface area contributed by atoms with Crippen molar-refractivity contribution in [1.29, 1.82) is 0 Å². The summed E-state index contributed by atoms with van der Waals surface area (Å²) in [5.41, 5.74) is 8.37. The van der Waals surface area contributed by atoms with E-state index < -0.39 is 0 Å². The fraction of sp³-hybridized carbons (Fsp3) is 0.286. The van der Waals surface area contributed by atoms with Gasteiger partial charge in [-0.15, -0.1) is 0 Å². The molecule has 3 aromatic rings. The van der Waals surface area contributed by atoms with E-state index >= 15 is 0 Å². The molecule has 1 aromatic carbocycles. The second-order valence-electron chi connectivity index (χ2n) is 6.88. The maximum absolute atomic E-state index is 10.8. The number of oxime groups is 1. The molecule has 0 unspecified atom stereocenters. The summed E-state index contributed by atoms with van der Waals surface area (Å²) in [5.74, 6) is 0.0627. The van der Waals surface area contributed by atoms with Crippen molar-refractivity contribution in [3.63, 3.8) is 0 Å². The molecule has 1 fully saturated rings. The molecule has 0 radical (unpaired) electrons. The summed E-state index contributed by atoms with van der Waals surface area (Å²) in [6.07, 6.45) is 8.47. The van der Waals surface area contributed by atoms with Gasteiger partial charge in [-0.1, -0.05) is 11.6 Å². The van der Waals surface area contributed by atoms with Crippen molar-refractivity contribution in [3.05, 3.63) is 59.9 Å². The summed E-state index contributed by atoms with van der Waals surface area (Å²) in [6, 6.07) is 10.9. The van der Waals surface area contributed by atoms with E-state index in [0.29, 0.717) is 11.1 Å². The van der Waals surface area contributed by atoms with Crippen LogP contribution >= 0.6 is 0 Å². The van der Waals surface area contributed by atoms with Crippen molar-refractivity contribution in [2.24, 2.45) is 10.9 Å². The molecular weight excluding hydrogens is 354 g/mol. The van der Waals surface area contributed by atoms with Gasteiger partial charge in [-0.3, -0.25) is 4.79 Å². The number of fused-ring (bicyclic) bond motifs is 1. The molecule has 3 N–H and O–H groups in total. The summed E-state index contributed by atoms with van der Waals surface area (Å²) < 4.78 is 1.90. The molecule has 0 aliphatic carbocycles. The van der Waals surface area contributed by atoms with E-state index in [-0.39, 0.29) is 5.84 Å². The fourth-order valence-electron chi connectivity index (χ4n) is 3.22. The van der Waals surface area contributed by atoms with Crippen LogP contribution in [0.25, 0.3) is 16.7 Å². The number of likely N-dealkylation sites (tertiary alicyclic amines) is 1. The lowest BCUT2D eigenvalue weighted by molar-refractivity contribution is 0.112. The summed E-state index contributed by atoms with van der Waals surface area (Å²) in [5, 5.41) is 12.5. The molecule has 1 aliphatic heterocycles. The van der Waals surface area contributed by atoms with Gasteiger partial charge >= 0.3 is 0 Å². The molecule has 1 aliphatic rings. The predicted molar refractivity (Wildman–Crippen MR) is 110 cm³/mol. The Balaban J connectivity index is 0.000000271. The first-order chi connectivity index (χ1) is 13.6. The average Bonchev–Trinajstić information content (AvgIpc) is 3.17. The number of hydrogen-bond donors (Lipinski definition) is 2. The summed E-state index contributed by atoms with van der Waals surface area (Å²) in [4.78, 5) is 17.5. The minimum atomic E-state index is 0.0627.